The Morgan fingerprint density at radius 1 is 1.07 bits per heavy atom. The summed E-state index contributed by atoms with van der Waals surface area (Å²) in [6, 6.07) is 15.6. The fraction of sp³-hybridized carbons (Fsp3) is 0.435. The monoisotopic (exact) mass is 394 g/mol. The van der Waals surface area contributed by atoms with Crippen LogP contribution in [0.1, 0.15) is 44.0 Å². The van der Waals surface area contributed by atoms with E-state index in [4.69, 9.17) is 0 Å². The number of nitrogens with zero attached hydrogens (tertiary/aromatic N) is 3. The third-order valence-electron chi connectivity index (χ3n) is 5.36. The molecule has 2 aromatic rings. The zero-order valence-electron chi connectivity index (χ0n) is 17.4. The second-order valence-electron chi connectivity index (χ2n) is 7.88. The summed E-state index contributed by atoms with van der Waals surface area (Å²) in [5.74, 6) is 0.0199. The van der Waals surface area contributed by atoms with Gasteiger partial charge < -0.3 is 15.1 Å². The van der Waals surface area contributed by atoms with Gasteiger partial charge in [-0.15, -0.1) is 0 Å². The number of nitrogens with one attached hydrogen (secondary N) is 1. The molecule has 1 aliphatic rings. The second kappa shape index (κ2) is 9.54. The van der Waals surface area contributed by atoms with Crippen LogP contribution in [-0.2, 0) is 4.79 Å². The summed E-state index contributed by atoms with van der Waals surface area (Å²) in [6.07, 6.45) is 3.12. The van der Waals surface area contributed by atoms with Gasteiger partial charge in [0, 0.05) is 38.3 Å². The molecule has 6 nitrogen and oxygen atoms in total. The smallest absolute Gasteiger partial charge is 0.317 e. The molecule has 1 saturated heterocycles. The van der Waals surface area contributed by atoms with Crippen LogP contribution < -0.4 is 5.32 Å². The fourth-order valence-corrected chi connectivity index (χ4v) is 3.85. The Balaban J connectivity index is 1.71. The summed E-state index contributed by atoms with van der Waals surface area (Å²) in [4.78, 5) is 33.7. The van der Waals surface area contributed by atoms with Crippen LogP contribution in [0.5, 0.6) is 0 Å². The molecule has 1 atom stereocenters. The van der Waals surface area contributed by atoms with Gasteiger partial charge in [-0.2, -0.15) is 0 Å². The third kappa shape index (κ3) is 5.13. The Hall–Kier alpha value is -2.89. The van der Waals surface area contributed by atoms with E-state index in [9.17, 15) is 9.59 Å². The van der Waals surface area contributed by atoms with Gasteiger partial charge in [-0.1, -0.05) is 36.4 Å². The summed E-state index contributed by atoms with van der Waals surface area (Å²) < 4.78 is 0. The Kier molecular flexibility index (Phi) is 6.86. The summed E-state index contributed by atoms with van der Waals surface area (Å²) in [5.41, 5.74) is 1.89. The molecule has 1 unspecified atom stereocenters. The van der Waals surface area contributed by atoms with E-state index in [1.54, 1.807) is 11.1 Å². The van der Waals surface area contributed by atoms with Crippen LogP contribution in [0, 0.1) is 5.92 Å². The number of benzene rings is 1. The maximum absolute atomic E-state index is 13.3. The van der Waals surface area contributed by atoms with Crippen molar-refractivity contribution in [2.24, 2.45) is 5.92 Å². The van der Waals surface area contributed by atoms with Crippen molar-refractivity contribution < 1.29 is 9.59 Å². The summed E-state index contributed by atoms with van der Waals surface area (Å²) in [5, 5.41) is 2.92. The summed E-state index contributed by atoms with van der Waals surface area (Å²) in [6.45, 7) is 5.10. The molecule has 1 aromatic heterocycles. The SMILES string of the molecule is CC(C)NC(=O)N1CCC(C(=O)N(C)C(c2ccccc2)c2ccccn2)CC1. The largest absolute Gasteiger partial charge is 0.336 e. The van der Waals surface area contributed by atoms with Crippen molar-refractivity contribution in [3.05, 3.63) is 66.0 Å². The van der Waals surface area contributed by atoms with Crippen molar-refractivity contribution in [3.8, 4) is 0 Å². The standard InChI is InChI=1S/C23H30N4O2/c1-17(2)25-23(29)27-15-12-19(13-16-27)22(28)26(3)21(18-9-5-4-6-10-18)20-11-7-8-14-24-20/h4-11,14,17,19,21H,12-13,15-16H2,1-3H3,(H,25,29). The van der Waals surface area contributed by atoms with Crippen molar-refractivity contribution in [2.45, 2.75) is 38.8 Å². The fourth-order valence-electron chi connectivity index (χ4n) is 3.85. The molecule has 0 aliphatic carbocycles. The minimum absolute atomic E-state index is 0.0464. The van der Waals surface area contributed by atoms with Gasteiger partial charge in [-0.05, 0) is 44.4 Å². The summed E-state index contributed by atoms with van der Waals surface area (Å²) >= 11 is 0. The number of pyridine rings is 1. The molecule has 3 amide bonds. The lowest BCUT2D eigenvalue weighted by atomic mass is 9.93. The van der Waals surface area contributed by atoms with E-state index in [-0.39, 0.29) is 29.9 Å². The first-order chi connectivity index (χ1) is 14.0. The van der Waals surface area contributed by atoms with Crippen LogP contribution in [0.15, 0.2) is 54.7 Å². The predicted octanol–water partition coefficient (Wildman–Crippen LogP) is 3.46. The van der Waals surface area contributed by atoms with Gasteiger partial charge in [0.25, 0.3) is 0 Å². The number of likely N-dealkylation sites (tertiary alicyclic amines) is 1. The first-order valence-corrected chi connectivity index (χ1v) is 10.3. The lowest BCUT2D eigenvalue weighted by Gasteiger charge is -2.36. The van der Waals surface area contributed by atoms with Crippen LogP contribution >= 0.6 is 0 Å². The molecule has 3 rings (SSSR count). The van der Waals surface area contributed by atoms with Gasteiger partial charge in [0.1, 0.15) is 0 Å². The number of rotatable bonds is 5. The van der Waals surface area contributed by atoms with E-state index in [1.165, 1.54) is 0 Å². The van der Waals surface area contributed by atoms with Crippen LogP contribution in [0.4, 0.5) is 4.79 Å². The van der Waals surface area contributed by atoms with E-state index in [0.717, 1.165) is 11.3 Å². The quantitative estimate of drug-likeness (QED) is 0.845. The topological polar surface area (TPSA) is 65.5 Å². The molecule has 1 aliphatic heterocycles. The first kappa shape index (κ1) is 20.8. The van der Waals surface area contributed by atoms with Gasteiger partial charge in [-0.3, -0.25) is 9.78 Å². The number of amides is 3. The number of carbonyl (C=O) groups is 2. The molecule has 1 fully saturated rings. The van der Waals surface area contributed by atoms with Crippen molar-refractivity contribution in [1.29, 1.82) is 0 Å². The molecular weight excluding hydrogens is 364 g/mol. The maximum atomic E-state index is 13.3. The lowest BCUT2D eigenvalue weighted by molar-refractivity contribution is -0.137. The molecule has 0 radical (unpaired) electrons. The molecule has 0 bridgehead atoms. The highest BCUT2D eigenvalue weighted by Crippen LogP contribution is 2.29. The zero-order chi connectivity index (χ0) is 20.8. The maximum Gasteiger partial charge on any atom is 0.317 e. The van der Waals surface area contributed by atoms with Gasteiger partial charge in [-0.25, -0.2) is 4.79 Å². The van der Waals surface area contributed by atoms with Crippen molar-refractivity contribution in [3.63, 3.8) is 0 Å². The van der Waals surface area contributed by atoms with Gasteiger partial charge in [0.2, 0.25) is 5.91 Å². The third-order valence-corrected chi connectivity index (χ3v) is 5.36. The molecule has 1 aromatic carbocycles. The van der Waals surface area contributed by atoms with Gasteiger partial charge in [0.05, 0.1) is 11.7 Å². The highest BCUT2D eigenvalue weighted by molar-refractivity contribution is 5.80. The number of carbonyl (C=O) groups excluding carboxylic acids is 2. The minimum Gasteiger partial charge on any atom is -0.336 e. The van der Waals surface area contributed by atoms with Crippen molar-refractivity contribution in [1.82, 2.24) is 20.1 Å². The van der Waals surface area contributed by atoms with E-state index in [0.29, 0.717) is 25.9 Å². The van der Waals surface area contributed by atoms with Crippen LogP contribution in [0.25, 0.3) is 0 Å². The second-order valence-corrected chi connectivity index (χ2v) is 7.88. The zero-order valence-corrected chi connectivity index (χ0v) is 17.4. The molecule has 29 heavy (non-hydrogen) atoms. The molecule has 6 heteroatoms. The van der Waals surface area contributed by atoms with E-state index in [2.05, 4.69) is 10.3 Å². The number of aromatic nitrogens is 1. The van der Waals surface area contributed by atoms with E-state index >= 15 is 0 Å². The highest BCUT2D eigenvalue weighted by atomic mass is 16.2. The summed E-state index contributed by atoms with van der Waals surface area (Å²) in [7, 11) is 1.85. The van der Waals surface area contributed by atoms with Crippen LogP contribution in [0.2, 0.25) is 0 Å². The molecule has 2 heterocycles. The van der Waals surface area contributed by atoms with E-state index < -0.39 is 0 Å². The number of hydrogen-bond donors (Lipinski definition) is 1. The Bertz CT molecular complexity index is 763. The van der Waals surface area contributed by atoms with Crippen molar-refractivity contribution >= 4 is 11.9 Å². The number of hydrogen-bond acceptors (Lipinski definition) is 3. The van der Waals surface area contributed by atoms with Gasteiger partial charge in [0.15, 0.2) is 0 Å². The molecular formula is C23H30N4O2. The van der Waals surface area contributed by atoms with Crippen molar-refractivity contribution in [2.75, 3.05) is 20.1 Å². The predicted molar refractivity (Wildman–Crippen MR) is 113 cm³/mol. The molecule has 1 N–H and O–H groups in total. The average molecular weight is 395 g/mol. The minimum atomic E-state index is -0.229. The lowest BCUT2D eigenvalue weighted by Crippen LogP contribution is -2.48. The Morgan fingerprint density at radius 2 is 1.72 bits per heavy atom. The first-order valence-electron chi connectivity index (χ1n) is 10.3. The van der Waals surface area contributed by atoms with Crippen LogP contribution in [-0.4, -0.2) is 52.9 Å². The normalized spacial score (nSPS) is 15.8. The Morgan fingerprint density at radius 3 is 2.31 bits per heavy atom. The number of piperidine rings is 1. The van der Waals surface area contributed by atoms with Crippen LogP contribution in [0.3, 0.4) is 0 Å². The van der Waals surface area contributed by atoms with E-state index in [1.807, 2.05) is 74.3 Å². The molecule has 0 saturated carbocycles. The molecule has 0 spiro atoms. The molecule has 154 valence electrons. The highest BCUT2D eigenvalue weighted by Gasteiger charge is 2.33. The number of urea groups is 1. The van der Waals surface area contributed by atoms with Gasteiger partial charge >= 0.3 is 6.03 Å². The Labute approximate surface area is 172 Å². The average Bonchev–Trinajstić information content (AvgIpc) is 2.74.